The average Bonchev–Trinajstić information content (AvgIpc) is 2.73. The van der Waals surface area contributed by atoms with Crippen LogP contribution in [0.4, 0.5) is 11.4 Å². The highest BCUT2D eigenvalue weighted by Gasteiger charge is 2.14. The lowest BCUT2D eigenvalue weighted by Crippen LogP contribution is -2.44. The van der Waals surface area contributed by atoms with Gasteiger partial charge in [0.15, 0.2) is 5.11 Å². The Hall–Kier alpha value is -2.64. The quantitative estimate of drug-likeness (QED) is 0.738. The molecule has 1 fully saturated rings. The number of thiocarbonyl (C=S) groups is 1. The first kappa shape index (κ1) is 21.1. The van der Waals surface area contributed by atoms with Gasteiger partial charge in [-0.1, -0.05) is 12.1 Å². The number of amides is 1. The number of nitrogens with one attached hydrogen (secondary N) is 2. The molecule has 0 bridgehead atoms. The lowest BCUT2D eigenvalue weighted by Gasteiger charge is -2.34. The molecule has 3 rings (SSSR count). The van der Waals surface area contributed by atoms with E-state index in [1.54, 1.807) is 31.1 Å². The van der Waals surface area contributed by atoms with E-state index in [1.165, 1.54) is 11.3 Å². The van der Waals surface area contributed by atoms with Crippen LogP contribution in [0.5, 0.6) is 0 Å². The SMILES string of the molecule is CN1CCN(c2ccc(CNC(=S)Nc3ccc(C(=O)N(C)C)cc3)cc2)CC1. The number of hydrogen-bond donors (Lipinski definition) is 2. The molecule has 1 saturated heterocycles. The van der Waals surface area contributed by atoms with Gasteiger partial charge in [-0.3, -0.25) is 4.79 Å². The second-order valence-corrected chi connectivity index (χ2v) is 7.95. The molecule has 1 heterocycles. The van der Waals surface area contributed by atoms with Crippen LogP contribution in [-0.4, -0.2) is 68.1 Å². The van der Waals surface area contributed by atoms with Gasteiger partial charge in [-0.25, -0.2) is 0 Å². The van der Waals surface area contributed by atoms with Gasteiger partial charge in [0.1, 0.15) is 0 Å². The van der Waals surface area contributed by atoms with Crippen LogP contribution in [0.2, 0.25) is 0 Å². The molecular formula is C22H29N5OS. The molecule has 0 saturated carbocycles. The van der Waals surface area contributed by atoms with Gasteiger partial charge in [0, 0.05) is 63.8 Å². The van der Waals surface area contributed by atoms with E-state index in [0.29, 0.717) is 17.2 Å². The number of benzene rings is 2. The van der Waals surface area contributed by atoms with Gasteiger partial charge < -0.3 is 25.3 Å². The Kier molecular flexibility index (Phi) is 7.06. The molecule has 6 nitrogen and oxygen atoms in total. The number of anilines is 2. The van der Waals surface area contributed by atoms with Crippen molar-refractivity contribution in [2.75, 3.05) is 57.5 Å². The molecule has 0 atom stereocenters. The first-order chi connectivity index (χ1) is 13.9. The Morgan fingerprint density at radius 2 is 1.62 bits per heavy atom. The van der Waals surface area contributed by atoms with Gasteiger partial charge in [-0.05, 0) is 61.2 Å². The highest BCUT2D eigenvalue weighted by Crippen LogP contribution is 2.17. The third-order valence-corrected chi connectivity index (χ3v) is 5.30. The summed E-state index contributed by atoms with van der Waals surface area (Å²) in [6.45, 7) is 5.01. The minimum Gasteiger partial charge on any atom is -0.369 e. The number of nitrogens with zero attached hydrogens (tertiary/aromatic N) is 3. The molecule has 0 spiro atoms. The number of carbonyl (C=O) groups is 1. The van der Waals surface area contributed by atoms with E-state index in [2.05, 4.69) is 51.7 Å². The van der Waals surface area contributed by atoms with E-state index in [4.69, 9.17) is 12.2 Å². The van der Waals surface area contributed by atoms with Crippen LogP contribution < -0.4 is 15.5 Å². The van der Waals surface area contributed by atoms with Crippen LogP contribution in [0, 0.1) is 0 Å². The highest BCUT2D eigenvalue weighted by molar-refractivity contribution is 7.80. The van der Waals surface area contributed by atoms with Crippen LogP contribution >= 0.6 is 12.2 Å². The molecule has 1 aliphatic rings. The van der Waals surface area contributed by atoms with Gasteiger partial charge in [-0.2, -0.15) is 0 Å². The van der Waals surface area contributed by atoms with Crippen molar-refractivity contribution in [2.24, 2.45) is 0 Å². The van der Waals surface area contributed by atoms with Crippen molar-refractivity contribution in [1.82, 2.24) is 15.1 Å². The third kappa shape index (κ3) is 5.92. The number of piperazine rings is 1. The first-order valence-corrected chi connectivity index (χ1v) is 10.2. The summed E-state index contributed by atoms with van der Waals surface area (Å²) in [5.74, 6) is -0.0164. The largest absolute Gasteiger partial charge is 0.369 e. The summed E-state index contributed by atoms with van der Waals surface area (Å²) in [7, 11) is 5.65. The van der Waals surface area contributed by atoms with E-state index in [0.717, 1.165) is 31.9 Å². The summed E-state index contributed by atoms with van der Waals surface area (Å²) in [5, 5.41) is 6.95. The van der Waals surface area contributed by atoms with Crippen molar-refractivity contribution < 1.29 is 4.79 Å². The monoisotopic (exact) mass is 411 g/mol. The topological polar surface area (TPSA) is 50.9 Å². The maximum Gasteiger partial charge on any atom is 0.253 e. The minimum atomic E-state index is -0.0164. The third-order valence-electron chi connectivity index (χ3n) is 5.05. The predicted molar refractivity (Wildman–Crippen MR) is 124 cm³/mol. The van der Waals surface area contributed by atoms with Gasteiger partial charge in [0.05, 0.1) is 0 Å². The normalized spacial score (nSPS) is 14.4. The Morgan fingerprint density at radius 3 is 2.21 bits per heavy atom. The zero-order chi connectivity index (χ0) is 20.8. The summed E-state index contributed by atoms with van der Waals surface area (Å²) < 4.78 is 0. The maximum absolute atomic E-state index is 11.9. The molecule has 0 aliphatic carbocycles. The lowest BCUT2D eigenvalue weighted by atomic mass is 10.2. The van der Waals surface area contributed by atoms with Crippen LogP contribution in [0.15, 0.2) is 48.5 Å². The number of carbonyl (C=O) groups excluding carboxylic acids is 1. The van der Waals surface area contributed by atoms with Crippen LogP contribution in [0.25, 0.3) is 0 Å². The van der Waals surface area contributed by atoms with Crippen molar-refractivity contribution >= 4 is 34.6 Å². The zero-order valence-electron chi connectivity index (χ0n) is 17.3. The maximum atomic E-state index is 11.9. The summed E-state index contributed by atoms with van der Waals surface area (Å²) in [5.41, 5.74) is 3.96. The zero-order valence-corrected chi connectivity index (χ0v) is 18.1. The van der Waals surface area contributed by atoms with E-state index in [9.17, 15) is 4.79 Å². The standard InChI is InChI=1S/C22H29N5OS/c1-25(2)21(28)18-6-8-19(9-7-18)24-22(29)23-16-17-4-10-20(11-5-17)27-14-12-26(3)13-15-27/h4-11H,12-16H2,1-3H3,(H2,23,24,29). The fourth-order valence-electron chi connectivity index (χ4n) is 3.20. The smallest absolute Gasteiger partial charge is 0.253 e. The molecule has 0 radical (unpaired) electrons. The molecule has 2 aromatic rings. The fraction of sp³-hybridized carbons (Fsp3) is 0.364. The minimum absolute atomic E-state index is 0.0164. The van der Waals surface area contributed by atoms with Crippen LogP contribution in [0.3, 0.4) is 0 Å². The number of hydrogen-bond acceptors (Lipinski definition) is 4. The molecule has 29 heavy (non-hydrogen) atoms. The summed E-state index contributed by atoms with van der Waals surface area (Å²) in [4.78, 5) is 18.3. The van der Waals surface area contributed by atoms with Crippen molar-refractivity contribution in [1.29, 1.82) is 0 Å². The predicted octanol–water partition coefficient (Wildman–Crippen LogP) is 2.63. The Balaban J connectivity index is 1.47. The van der Waals surface area contributed by atoms with E-state index in [-0.39, 0.29) is 5.91 Å². The molecule has 1 amide bonds. The second kappa shape index (κ2) is 9.71. The van der Waals surface area contributed by atoms with Crippen molar-refractivity contribution in [3.63, 3.8) is 0 Å². The molecule has 1 aliphatic heterocycles. The first-order valence-electron chi connectivity index (χ1n) is 9.81. The molecule has 2 N–H and O–H groups in total. The van der Waals surface area contributed by atoms with Crippen molar-refractivity contribution in [2.45, 2.75) is 6.54 Å². The molecule has 2 aromatic carbocycles. The molecule has 0 unspecified atom stereocenters. The van der Waals surface area contributed by atoms with E-state index < -0.39 is 0 Å². The molecule has 7 heteroatoms. The lowest BCUT2D eigenvalue weighted by molar-refractivity contribution is 0.0827. The van der Waals surface area contributed by atoms with Gasteiger partial charge in [0.2, 0.25) is 0 Å². The molecule has 154 valence electrons. The van der Waals surface area contributed by atoms with Crippen LogP contribution in [0.1, 0.15) is 15.9 Å². The van der Waals surface area contributed by atoms with Crippen LogP contribution in [-0.2, 0) is 6.54 Å². The Bertz CT molecular complexity index is 827. The summed E-state index contributed by atoms with van der Waals surface area (Å²) in [6, 6.07) is 16.0. The molecule has 0 aromatic heterocycles. The Labute approximate surface area is 178 Å². The number of rotatable bonds is 5. The van der Waals surface area contributed by atoms with Crippen molar-refractivity contribution in [3.05, 3.63) is 59.7 Å². The highest BCUT2D eigenvalue weighted by atomic mass is 32.1. The molecular weight excluding hydrogens is 382 g/mol. The average molecular weight is 412 g/mol. The van der Waals surface area contributed by atoms with Gasteiger partial charge >= 0.3 is 0 Å². The van der Waals surface area contributed by atoms with E-state index in [1.807, 2.05) is 12.1 Å². The van der Waals surface area contributed by atoms with E-state index >= 15 is 0 Å². The summed E-state index contributed by atoms with van der Waals surface area (Å²) >= 11 is 5.39. The Morgan fingerprint density at radius 1 is 1.00 bits per heavy atom. The van der Waals surface area contributed by atoms with Crippen molar-refractivity contribution in [3.8, 4) is 0 Å². The fourth-order valence-corrected chi connectivity index (χ4v) is 3.39. The van der Waals surface area contributed by atoms with Gasteiger partial charge in [-0.15, -0.1) is 0 Å². The second-order valence-electron chi connectivity index (χ2n) is 7.54. The number of likely N-dealkylation sites (N-methyl/N-ethyl adjacent to an activating group) is 1. The summed E-state index contributed by atoms with van der Waals surface area (Å²) in [6.07, 6.45) is 0. The van der Waals surface area contributed by atoms with Gasteiger partial charge in [0.25, 0.3) is 5.91 Å².